The Hall–Kier alpha value is -1.72. The first-order chi connectivity index (χ1) is 8.43. The Kier molecular flexibility index (Phi) is 5.00. The van der Waals surface area contributed by atoms with Crippen LogP contribution in [-0.2, 0) is 6.42 Å². The summed E-state index contributed by atoms with van der Waals surface area (Å²) in [7, 11) is 0. The van der Waals surface area contributed by atoms with E-state index in [1.165, 1.54) is 0 Å². The van der Waals surface area contributed by atoms with Crippen LogP contribution in [0.1, 0.15) is 12.5 Å². The summed E-state index contributed by atoms with van der Waals surface area (Å²) in [6.45, 7) is 1.92. The number of nitrogens with one attached hydrogen (secondary N) is 2. The van der Waals surface area contributed by atoms with Gasteiger partial charge >= 0.3 is 12.2 Å². The minimum absolute atomic E-state index is 0.276. The molecular formula is C12H15F3N2O. The van der Waals surface area contributed by atoms with Crippen molar-refractivity contribution in [2.24, 2.45) is 0 Å². The summed E-state index contributed by atoms with van der Waals surface area (Å²) in [5.41, 5.74) is 0.525. The summed E-state index contributed by atoms with van der Waals surface area (Å²) >= 11 is 0. The van der Waals surface area contributed by atoms with Crippen LogP contribution in [-0.4, -0.2) is 24.8 Å². The van der Waals surface area contributed by atoms with Gasteiger partial charge in [-0.3, -0.25) is 0 Å². The summed E-state index contributed by atoms with van der Waals surface area (Å²) in [5.74, 6) is 0. The third-order valence-electron chi connectivity index (χ3n) is 2.32. The first kappa shape index (κ1) is 14.3. The molecule has 1 aromatic carbocycles. The fraction of sp³-hybridized carbons (Fsp3) is 0.417. The Balaban J connectivity index is 2.71. The maximum absolute atomic E-state index is 12.8. The number of amides is 2. The minimum atomic E-state index is -4.47. The van der Waals surface area contributed by atoms with Crippen molar-refractivity contribution in [1.29, 1.82) is 0 Å². The topological polar surface area (TPSA) is 41.1 Å². The summed E-state index contributed by atoms with van der Waals surface area (Å²) in [4.78, 5) is 11.2. The SMILES string of the molecule is CCNC(=O)N[C@H](Cc1ccccc1)C(F)(F)F. The summed E-state index contributed by atoms with van der Waals surface area (Å²) in [5, 5.41) is 4.22. The fourth-order valence-electron chi connectivity index (χ4n) is 1.47. The highest BCUT2D eigenvalue weighted by Crippen LogP contribution is 2.23. The molecule has 2 amide bonds. The van der Waals surface area contributed by atoms with Gasteiger partial charge in [0.1, 0.15) is 6.04 Å². The zero-order valence-electron chi connectivity index (χ0n) is 9.92. The largest absolute Gasteiger partial charge is 0.408 e. The number of urea groups is 1. The number of halogens is 3. The Bertz CT molecular complexity index is 379. The van der Waals surface area contributed by atoms with E-state index in [-0.39, 0.29) is 13.0 Å². The zero-order chi connectivity index (χ0) is 13.6. The molecule has 100 valence electrons. The third-order valence-corrected chi connectivity index (χ3v) is 2.32. The van der Waals surface area contributed by atoms with Crippen LogP contribution < -0.4 is 10.6 Å². The maximum atomic E-state index is 12.8. The second-order valence-corrected chi connectivity index (χ2v) is 3.79. The van der Waals surface area contributed by atoms with Gasteiger partial charge in [-0.15, -0.1) is 0 Å². The molecule has 0 saturated heterocycles. The van der Waals surface area contributed by atoms with Crippen molar-refractivity contribution in [3.05, 3.63) is 35.9 Å². The van der Waals surface area contributed by atoms with Crippen LogP contribution in [0.5, 0.6) is 0 Å². The van der Waals surface area contributed by atoms with Crippen molar-refractivity contribution in [3.63, 3.8) is 0 Å². The highest BCUT2D eigenvalue weighted by atomic mass is 19.4. The van der Waals surface area contributed by atoms with Crippen LogP contribution in [0.3, 0.4) is 0 Å². The van der Waals surface area contributed by atoms with E-state index in [0.29, 0.717) is 5.56 Å². The fourth-order valence-corrected chi connectivity index (χ4v) is 1.47. The van der Waals surface area contributed by atoms with E-state index >= 15 is 0 Å². The number of hydrogen-bond acceptors (Lipinski definition) is 1. The van der Waals surface area contributed by atoms with Crippen molar-refractivity contribution < 1.29 is 18.0 Å². The molecule has 0 spiro atoms. The molecule has 0 fully saturated rings. The van der Waals surface area contributed by atoms with Gasteiger partial charge in [-0.05, 0) is 12.5 Å². The molecule has 0 bridgehead atoms. The molecule has 1 atom stereocenters. The Morgan fingerprint density at radius 3 is 2.39 bits per heavy atom. The number of alkyl halides is 3. The van der Waals surface area contributed by atoms with Gasteiger partial charge < -0.3 is 10.6 Å². The Labute approximate surface area is 103 Å². The van der Waals surface area contributed by atoms with Gasteiger partial charge in [0.25, 0.3) is 0 Å². The number of hydrogen-bond donors (Lipinski definition) is 2. The summed E-state index contributed by atoms with van der Waals surface area (Å²) in [6, 6.07) is 5.55. The van der Waals surface area contributed by atoms with Crippen LogP contribution in [0.2, 0.25) is 0 Å². The molecule has 0 saturated carbocycles. The molecule has 6 heteroatoms. The van der Waals surface area contributed by atoms with Gasteiger partial charge in [0.05, 0.1) is 0 Å². The lowest BCUT2D eigenvalue weighted by atomic mass is 10.1. The third kappa shape index (κ3) is 4.65. The zero-order valence-corrected chi connectivity index (χ0v) is 9.92. The van der Waals surface area contributed by atoms with E-state index in [1.54, 1.807) is 37.3 Å². The Morgan fingerprint density at radius 2 is 1.89 bits per heavy atom. The predicted octanol–water partition coefficient (Wildman–Crippen LogP) is 2.48. The normalized spacial score (nSPS) is 12.9. The van der Waals surface area contributed by atoms with Crippen molar-refractivity contribution >= 4 is 6.03 Å². The quantitative estimate of drug-likeness (QED) is 0.858. The van der Waals surface area contributed by atoms with Crippen LogP contribution in [0.25, 0.3) is 0 Å². The molecular weight excluding hydrogens is 245 g/mol. The van der Waals surface area contributed by atoms with E-state index in [0.717, 1.165) is 0 Å². The van der Waals surface area contributed by atoms with Crippen LogP contribution in [0.4, 0.5) is 18.0 Å². The molecule has 0 aliphatic rings. The van der Waals surface area contributed by atoms with E-state index < -0.39 is 18.2 Å². The second-order valence-electron chi connectivity index (χ2n) is 3.79. The first-order valence-electron chi connectivity index (χ1n) is 5.58. The molecule has 2 N–H and O–H groups in total. The van der Waals surface area contributed by atoms with Crippen molar-refractivity contribution in [3.8, 4) is 0 Å². The van der Waals surface area contributed by atoms with E-state index in [2.05, 4.69) is 5.32 Å². The van der Waals surface area contributed by atoms with Gasteiger partial charge in [0, 0.05) is 13.0 Å². The average Bonchev–Trinajstić information content (AvgIpc) is 2.28. The molecule has 0 heterocycles. The maximum Gasteiger partial charge on any atom is 0.408 e. The van der Waals surface area contributed by atoms with Crippen LogP contribution >= 0.6 is 0 Å². The molecule has 1 aromatic rings. The van der Waals surface area contributed by atoms with Crippen LogP contribution in [0, 0.1) is 0 Å². The van der Waals surface area contributed by atoms with Crippen LogP contribution in [0.15, 0.2) is 30.3 Å². The van der Waals surface area contributed by atoms with Crippen molar-refractivity contribution in [1.82, 2.24) is 10.6 Å². The number of carbonyl (C=O) groups excluding carboxylic acids is 1. The number of carbonyl (C=O) groups is 1. The standard InChI is InChI=1S/C12H15F3N2O/c1-2-16-11(18)17-10(12(13,14)15)8-9-6-4-3-5-7-9/h3-7,10H,2,8H2,1H3,(H2,16,17,18)/t10-/m1/s1. The highest BCUT2D eigenvalue weighted by Gasteiger charge is 2.40. The molecule has 18 heavy (non-hydrogen) atoms. The molecule has 1 rings (SSSR count). The second kappa shape index (κ2) is 6.28. The molecule has 0 aromatic heterocycles. The number of benzene rings is 1. The summed E-state index contributed by atoms with van der Waals surface area (Å²) in [6.07, 6.45) is -4.75. The van der Waals surface area contributed by atoms with Crippen molar-refractivity contribution in [2.45, 2.75) is 25.6 Å². The van der Waals surface area contributed by atoms with Gasteiger partial charge in [0.2, 0.25) is 0 Å². The van der Waals surface area contributed by atoms with E-state index in [1.807, 2.05) is 5.32 Å². The summed E-state index contributed by atoms with van der Waals surface area (Å²) < 4.78 is 38.3. The lowest BCUT2D eigenvalue weighted by Gasteiger charge is -2.21. The lowest BCUT2D eigenvalue weighted by molar-refractivity contribution is -0.152. The highest BCUT2D eigenvalue weighted by molar-refractivity contribution is 5.74. The van der Waals surface area contributed by atoms with Gasteiger partial charge in [-0.1, -0.05) is 30.3 Å². The average molecular weight is 260 g/mol. The molecule has 0 unspecified atom stereocenters. The molecule has 0 radical (unpaired) electrons. The van der Waals surface area contributed by atoms with Gasteiger partial charge in [-0.2, -0.15) is 13.2 Å². The van der Waals surface area contributed by atoms with Gasteiger partial charge in [-0.25, -0.2) is 4.79 Å². The van der Waals surface area contributed by atoms with Gasteiger partial charge in [0.15, 0.2) is 0 Å². The van der Waals surface area contributed by atoms with E-state index in [9.17, 15) is 18.0 Å². The number of rotatable bonds is 4. The molecule has 0 aliphatic carbocycles. The monoisotopic (exact) mass is 260 g/mol. The first-order valence-corrected chi connectivity index (χ1v) is 5.58. The van der Waals surface area contributed by atoms with E-state index in [4.69, 9.17) is 0 Å². The van der Waals surface area contributed by atoms with Crippen molar-refractivity contribution in [2.75, 3.05) is 6.54 Å². The minimum Gasteiger partial charge on any atom is -0.338 e. The Morgan fingerprint density at radius 1 is 1.28 bits per heavy atom. The molecule has 0 aliphatic heterocycles. The molecule has 3 nitrogen and oxygen atoms in total. The smallest absolute Gasteiger partial charge is 0.338 e. The predicted molar refractivity (Wildman–Crippen MR) is 62.2 cm³/mol. The lowest BCUT2D eigenvalue weighted by Crippen LogP contribution is -2.50.